The van der Waals surface area contributed by atoms with Crippen LogP contribution in [0.3, 0.4) is 0 Å². The van der Waals surface area contributed by atoms with Crippen LogP contribution >= 0.6 is 0 Å². The first-order valence-corrected chi connectivity index (χ1v) is 8.32. The van der Waals surface area contributed by atoms with Gasteiger partial charge in [-0.25, -0.2) is 4.99 Å². The van der Waals surface area contributed by atoms with Crippen LogP contribution in [-0.4, -0.2) is 19.2 Å². The largest absolute Gasteiger partial charge is 0.416 e. The molecule has 1 unspecified atom stereocenters. The summed E-state index contributed by atoms with van der Waals surface area (Å²) < 4.78 is 40.9. The van der Waals surface area contributed by atoms with Crippen LogP contribution in [0.1, 0.15) is 37.0 Å². The van der Waals surface area contributed by atoms with E-state index in [9.17, 15) is 13.2 Å². The minimum atomic E-state index is -4.47. The average Bonchev–Trinajstić information content (AvgIpc) is 2.65. The molecule has 0 radical (unpaired) electrons. The van der Waals surface area contributed by atoms with Gasteiger partial charge in [-0.1, -0.05) is 55.5 Å². The zero-order valence-corrected chi connectivity index (χ0v) is 15.0. The molecule has 1 atom stereocenters. The number of nitrogens with one attached hydrogen (secondary N) is 1. The topological polar surface area (TPSA) is 36.8 Å². The number of benzene rings is 2. The number of halogens is 3. The molecule has 6 heteroatoms. The van der Waals surface area contributed by atoms with Gasteiger partial charge in [0.05, 0.1) is 11.1 Å². The molecule has 138 valence electrons. The highest BCUT2D eigenvalue weighted by Crippen LogP contribution is 2.39. The van der Waals surface area contributed by atoms with Gasteiger partial charge >= 0.3 is 6.18 Å². The molecule has 2 aromatic rings. The molecule has 2 aromatic carbocycles. The maximum Gasteiger partial charge on any atom is 0.416 e. The van der Waals surface area contributed by atoms with Gasteiger partial charge in [-0.2, -0.15) is 13.2 Å². The summed E-state index contributed by atoms with van der Waals surface area (Å²) in [6.07, 6.45) is -2.11. The summed E-state index contributed by atoms with van der Waals surface area (Å²) in [6, 6.07) is 14.6. The maximum atomic E-state index is 13.6. The molecule has 0 heterocycles. The standard InChI is InChI=1S/C20H22F3N3/c1-4-14-25-18(24-3)26-19(2,15-10-6-5-7-11-15)16-12-8-9-13-17(16)20(21,22)23/h5-14H,4H2,1-3H3,(H,24,26)/b25-14-. The van der Waals surface area contributed by atoms with Gasteiger partial charge in [0.15, 0.2) is 0 Å². The second kappa shape index (κ2) is 8.17. The van der Waals surface area contributed by atoms with Crippen LogP contribution in [0.4, 0.5) is 13.2 Å². The Balaban J connectivity index is 2.66. The van der Waals surface area contributed by atoms with Crippen LogP contribution in [0.15, 0.2) is 64.6 Å². The fraction of sp³-hybridized carbons (Fsp3) is 0.300. The van der Waals surface area contributed by atoms with E-state index < -0.39 is 17.3 Å². The van der Waals surface area contributed by atoms with Crippen LogP contribution < -0.4 is 5.32 Å². The highest BCUT2D eigenvalue weighted by atomic mass is 19.4. The summed E-state index contributed by atoms with van der Waals surface area (Å²) >= 11 is 0. The van der Waals surface area contributed by atoms with E-state index in [1.807, 2.05) is 13.0 Å². The Morgan fingerprint density at radius 3 is 2.12 bits per heavy atom. The van der Waals surface area contributed by atoms with Crippen molar-refractivity contribution in [1.82, 2.24) is 5.32 Å². The van der Waals surface area contributed by atoms with Gasteiger partial charge in [0.2, 0.25) is 5.96 Å². The van der Waals surface area contributed by atoms with E-state index in [4.69, 9.17) is 0 Å². The van der Waals surface area contributed by atoms with Gasteiger partial charge in [0, 0.05) is 13.3 Å². The van der Waals surface area contributed by atoms with Gasteiger partial charge in [-0.3, -0.25) is 4.99 Å². The van der Waals surface area contributed by atoms with Gasteiger partial charge in [0.25, 0.3) is 0 Å². The van der Waals surface area contributed by atoms with Crippen LogP contribution in [0.25, 0.3) is 0 Å². The van der Waals surface area contributed by atoms with E-state index in [1.165, 1.54) is 12.1 Å². The van der Waals surface area contributed by atoms with Crippen molar-refractivity contribution in [3.05, 3.63) is 71.3 Å². The quantitative estimate of drug-likeness (QED) is 0.602. The molecule has 0 aliphatic heterocycles. The van der Waals surface area contributed by atoms with Gasteiger partial charge in [-0.15, -0.1) is 0 Å². The van der Waals surface area contributed by atoms with Gasteiger partial charge < -0.3 is 5.32 Å². The van der Waals surface area contributed by atoms with E-state index in [0.29, 0.717) is 12.0 Å². The number of hydrogen-bond acceptors (Lipinski definition) is 1. The molecule has 0 saturated heterocycles. The third-order valence-corrected chi connectivity index (χ3v) is 4.09. The van der Waals surface area contributed by atoms with Crippen molar-refractivity contribution in [3.63, 3.8) is 0 Å². The zero-order valence-electron chi connectivity index (χ0n) is 15.0. The van der Waals surface area contributed by atoms with E-state index in [-0.39, 0.29) is 11.5 Å². The van der Waals surface area contributed by atoms with Crippen molar-refractivity contribution in [2.24, 2.45) is 9.98 Å². The lowest BCUT2D eigenvalue weighted by molar-refractivity contribution is -0.138. The Bertz CT molecular complexity index is 782. The highest BCUT2D eigenvalue weighted by molar-refractivity contribution is 5.88. The molecule has 0 saturated carbocycles. The first-order valence-electron chi connectivity index (χ1n) is 8.32. The van der Waals surface area contributed by atoms with Crippen LogP contribution in [0.2, 0.25) is 0 Å². The summed E-state index contributed by atoms with van der Waals surface area (Å²) in [4.78, 5) is 8.30. The Hall–Kier alpha value is -2.63. The third-order valence-electron chi connectivity index (χ3n) is 4.09. The average molecular weight is 361 g/mol. The van der Waals surface area contributed by atoms with Crippen molar-refractivity contribution in [3.8, 4) is 0 Å². The van der Waals surface area contributed by atoms with Crippen molar-refractivity contribution < 1.29 is 13.2 Å². The minimum absolute atomic E-state index is 0.117. The van der Waals surface area contributed by atoms with Crippen molar-refractivity contribution in [2.75, 3.05) is 7.05 Å². The second-order valence-corrected chi connectivity index (χ2v) is 5.93. The van der Waals surface area contributed by atoms with Crippen LogP contribution in [0.5, 0.6) is 0 Å². The fourth-order valence-electron chi connectivity index (χ4n) is 2.78. The molecule has 0 fully saturated rings. The molecule has 0 aromatic heterocycles. The predicted octanol–water partition coefficient (Wildman–Crippen LogP) is 5.03. The van der Waals surface area contributed by atoms with Crippen molar-refractivity contribution in [1.29, 1.82) is 0 Å². The zero-order chi connectivity index (χ0) is 19.2. The molecule has 0 bridgehead atoms. The monoisotopic (exact) mass is 361 g/mol. The molecule has 26 heavy (non-hydrogen) atoms. The first-order chi connectivity index (χ1) is 12.3. The first kappa shape index (κ1) is 19.7. The molecule has 0 aliphatic carbocycles. The highest BCUT2D eigenvalue weighted by Gasteiger charge is 2.40. The molecule has 3 nitrogen and oxygen atoms in total. The summed E-state index contributed by atoms with van der Waals surface area (Å²) in [5, 5.41) is 3.11. The van der Waals surface area contributed by atoms with E-state index in [0.717, 1.165) is 6.07 Å². The lowest BCUT2D eigenvalue weighted by Crippen LogP contribution is -2.45. The molecule has 2 rings (SSSR count). The van der Waals surface area contributed by atoms with Gasteiger partial charge in [-0.05, 0) is 30.5 Å². The number of rotatable bonds is 4. The fourth-order valence-corrected chi connectivity index (χ4v) is 2.78. The summed E-state index contributed by atoms with van der Waals surface area (Å²) in [7, 11) is 1.55. The van der Waals surface area contributed by atoms with Crippen LogP contribution in [-0.2, 0) is 11.7 Å². The predicted molar refractivity (Wildman–Crippen MR) is 99.6 cm³/mol. The molecular formula is C20H22F3N3. The number of hydrogen-bond donors (Lipinski definition) is 1. The normalized spacial score (nSPS) is 15.1. The molecule has 0 amide bonds. The summed E-state index contributed by atoms with van der Waals surface area (Å²) in [5.41, 5.74) is -1.04. The van der Waals surface area contributed by atoms with Gasteiger partial charge in [0.1, 0.15) is 0 Å². The lowest BCUT2D eigenvalue weighted by atomic mass is 9.82. The van der Waals surface area contributed by atoms with E-state index in [2.05, 4.69) is 15.3 Å². The van der Waals surface area contributed by atoms with Crippen molar-refractivity contribution >= 4 is 12.2 Å². The Morgan fingerprint density at radius 2 is 1.58 bits per heavy atom. The molecule has 1 N–H and O–H groups in total. The summed E-state index contributed by atoms with van der Waals surface area (Å²) in [5.74, 6) is 0.273. The second-order valence-electron chi connectivity index (χ2n) is 5.93. The molecule has 0 aliphatic rings. The molecular weight excluding hydrogens is 339 g/mol. The lowest BCUT2D eigenvalue weighted by Gasteiger charge is -2.34. The van der Waals surface area contributed by atoms with E-state index >= 15 is 0 Å². The number of aliphatic imine (C=N–C) groups is 2. The number of nitrogens with zero attached hydrogens (tertiary/aromatic N) is 2. The minimum Gasteiger partial charge on any atom is -0.341 e. The summed E-state index contributed by atoms with van der Waals surface area (Å²) in [6.45, 7) is 3.63. The Kier molecular flexibility index (Phi) is 6.18. The Morgan fingerprint density at radius 1 is 1.00 bits per heavy atom. The van der Waals surface area contributed by atoms with E-state index in [1.54, 1.807) is 50.5 Å². The smallest absolute Gasteiger partial charge is 0.341 e. The molecule has 0 spiro atoms. The van der Waals surface area contributed by atoms with Crippen molar-refractivity contribution in [2.45, 2.75) is 32.0 Å². The van der Waals surface area contributed by atoms with Crippen LogP contribution in [0, 0.1) is 0 Å². The third kappa shape index (κ3) is 4.31. The SMILES string of the molecule is CC/C=N\C(=NC)NC(C)(c1ccccc1)c1ccccc1C(F)(F)F. The number of guanidine groups is 1. The number of alkyl halides is 3. The maximum absolute atomic E-state index is 13.6. The Labute approximate surface area is 151 Å².